The average molecular weight is 475 g/mol. The maximum Gasteiger partial charge on any atom is 0.325 e. The third kappa shape index (κ3) is 12.5. The molecule has 0 bridgehead atoms. The summed E-state index contributed by atoms with van der Waals surface area (Å²) in [5.74, 6) is -3.39. The molecule has 0 aromatic heterocycles. The molecule has 0 spiro atoms. The summed E-state index contributed by atoms with van der Waals surface area (Å²) >= 11 is 0. The maximum atomic E-state index is 12.7. The van der Waals surface area contributed by atoms with Gasteiger partial charge in [0.1, 0.15) is 24.4 Å². The van der Waals surface area contributed by atoms with Crippen LogP contribution in [-0.2, 0) is 28.8 Å². The second-order valence-corrected chi connectivity index (χ2v) is 7.96. The summed E-state index contributed by atoms with van der Waals surface area (Å²) in [7, 11) is 0. The quantitative estimate of drug-likeness (QED) is 0.0867. The zero-order valence-corrected chi connectivity index (χ0v) is 19.5. The molecule has 0 aliphatic rings. The number of rotatable bonds is 16. The van der Waals surface area contributed by atoms with Gasteiger partial charge in [0.15, 0.2) is 6.04 Å². The number of nitrogens with one attached hydrogen (secondary N) is 4. The molecule has 0 aliphatic carbocycles. The van der Waals surface area contributed by atoms with Crippen molar-refractivity contribution in [3.8, 4) is 0 Å². The van der Waals surface area contributed by atoms with Crippen LogP contribution in [0.2, 0.25) is 0 Å². The molecule has 0 aliphatic heterocycles. The van der Waals surface area contributed by atoms with Crippen LogP contribution < -0.4 is 32.7 Å². The summed E-state index contributed by atoms with van der Waals surface area (Å²) in [4.78, 5) is 70.9. The van der Waals surface area contributed by atoms with Crippen molar-refractivity contribution in [1.29, 1.82) is 0 Å². The maximum absolute atomic E-state index is 12.7. The highest BCUT2D eigenvalue weighted by molar-refractivity contribution is 5.93. The zero-order valence-electron chi connectivity index (χ0n) is 19.5. The summed E-state index contributed by atoms with van der Waals surface area (Å²) < 4.78 is 0. The number of amides is 4. The first-order chi connectivity index (χ1) is 15.4. The van der Waals surface area contributed by atoms with E-state index >= 15 is 0 Å². The fourth-order valence-corrected chi connectivity index (χ4v) is 2.63. The lowest BCUT2D eigenvalue weighted by Gasteiger charge is -2.22. The minimum atomic E-state index is -1.21. The van der Waals surface area contributed by atoms with E-state index in [1.54, 1.807) is 6.92 Å². The lowest BCUT2D eigenvalue weighted by atomic mass is 10.1. The summed E-state index contributed by atoms with van der Waals surface area (Å²) in [5, 5.41) is 18.7. The Morgan fingerprint density at radius 1 is 0.848 bits per heavy atom. The van der Waals surface area contributed by atoms with E-state index in [9.17, 15) is 28.8 Å². The van der Waals surface area contributed by atoms with E-state index in [1.165, 1.54) is 13.8 Å². The van der Waals surface area contributed by atoms with Crippen LogP contribution in [0.5, 0.6) is 0 Å². The highest BCUT2D eigenvalue weighted by atomic mass is 16.4. The predicted octanol–water partition coefficient (Wildman–Crippen LogP) is -3.93. The number of carbonyl (C=O) groups excluding carboxylic acids is 5. The van der Waals surface area contributed by atoms with Gasteiger partial charge >= 0.3 is 5.97 Å². The third-order valence-electron chi connectivity index (χ3n) is 4.75. The van der Waals surface area contributed by atoms with Crippen LogP contribution in [0.1, 0.15) is 52.9 Å². The number of carboxylic acids is 1. The summed E-state index contributed by atoms with van der Waals surface area (Å²) in [6, 6.07) is -4.49. The van der Waals surface area contributed by atoms with Gasteiger partial charge in [-0.25, -0.2) is 0 Å². The first kappa shape index (κ1) is 29.9. The average Bonchev–Trinajstić information content (AvgIpc) is 2.75. The van der Waals surface area contributed by atoms with Gasteiger partial charge in [0, 0.05) is 6.42 Å². The third-order valence-corrected chi connectivity index (χ3v) is 4.75. The van der Waals surface area contributed by atoms with Gasteiger partial charge in [-0.3, -0.25) is 24.0 Å². The predicted molar refractivity (Wildman–Crippen MR) is 116 cm³/mol. The fourth-order valence-electron chi connectivity index (χ4n) is 2.63. The number of aldehydes is 1. The van der Waals surface area contributed by atoms with Crippen LogP contribution in [-0.4, -0.2) is 77.7 Å². The van der Waals surface area contributed by atoms with Crippen LogP contribution >= 0.6 is 0 Å². The molecular weight excluding hydrogens is 436 g/mol. The molecule has 5 atom stereocenters. The van der Waals surface area contributed by atoms with Crippen molar-refractivity contribution >= 4 is 35.9 Å². The Hall–Kier alpha value is -3.06. The van der Waals surface area contributed by atoms with Crippen molar-refractivity contribution in [2.75, 3.05) is 6.54 Å². The van der Waals surface area contributed by atoms with E-state index < -0.39 is 59.8 Å². The molecule has 13 heteroatoms. The Balaban J connectivity index is 4.95. The van der Waals surface area contributed by atoms with Crippen LogP contribution in [0.4, 0.5) is 0 Å². The number of unbranched alkanes of at least 4 members (excludes halogenated alkanes) is 1. The van der Waals surface area contributed by atoms with Gasteiger partial charge in [-0.05, 0) is 46.5 Å². The molecule has 0 saturated heterocycles. The molecule has 13 nitrogen and oxygen atoms in total. The number of carboxylic acid groups (broad SMARTS) is 1. The Bertz CT molecular complexity index is 700. The van der Waals surface area contributed by atoms with Crippen molar-refractivity contribution < 1.29 is 45.3 Å². The van der Waals surface area contributed by atoms with Crippen molar-refractivity contribution in [2.45, 2.75) is 83.1 Å². The molecule has 0 unspecified atom stereocenters. The van der Waals surface area contributed by atoms with Crippen LogP contribution in [0.3, 0.4) is 0 Å². The van der Waals surface area contributed by atoms with Gasteiger partial charge in [0.05, 0.1) is 12.6 Å². The van der Waals surface area contributed by atoms with Gasteiger partial charge in [0.2, 0.25) is 17.7 Å². The van der Waals surface area contributed by atoms with E-state index in [0.717, 1.165) is 6.42 Å². The fraction of sp³-hybridized carbons (Fsp3) is 0.700. The Kier molecular flexibility index (Phi) is 14.2. The monoisotopic (exact) mass is 474 g/mol. The molecule has 188 valence electrons. The van der Waals surface area contributed by atoms with E-state index in [1.807, 2.05) is 0 Å². The number of hydrogen-bond acceptors (Lipinski definition) is 6. The van der Waals surface area contributed by atoms with Gasteiger partial charge in [-0.15, -0.1) is 0 Å². The Morgan fingerprint density at radius 3 is 1.97 bits per heavy atom. The number of quaternary nitrogens is 2. The van der Waals surface area contributed by atoms with Crippen LogP contribution in [0.15, 0.2) is 0 Å². The molecule has 11 N–H and O–H groups in total. The number of aliphatic carboxylic acids is 1. The summed E-state index contributed by atoms with van der Waals surface area (Å²) in [6.45, 7) is 4.92. The van der Waals surface area contributed by atoms with Gasteiger partial charge in [0.25, 0.3) is 5.91 Å². The zero-order chi connectivity index (χ0) is 25.6. The minimum Gasteiger partial charge on any atom is -0.480 e. The molecule has 33 heavy (non-hydrogen) atoms. The van der Waals surface area contributed by atoms with Crippen molar-refractivity contribution in [3.63, 3.8) is 0 Å². The van der Waals surface area contributed by atoms with Gasteiger partial charge in [-0.1, -0.05) is 0 Å². The molecule has 0 heterocycles. The van der Waals surface area contributed by atoms with Crippen molar-refractivity contribution in [1.82, 2.24) is 21.3 Å². The van der Waals surface area contributed by atoms with E-state index in [-0.39, 0.29) is 12.8 Å². The van der Waals surface area contributed by atoms with Crippen molar-refractivity contribution in [2.24, 2.45) is 0 Å². The second-order valence-electron chi connectivity index (χ2n) is 7.96. The highest BCUT2D eigenvalue weighted by Crippen LogP contribution is 2.04. The molecule has 0 radical (unpaired) electrons. The summed E-state index contributed by atoms with van der Waals surface area (Å²) in [6.07, 6.45) is 2.11. The molecule has 0 aromatic rings. The van der Waals surface area contributed by atoms with Gasteiger partial charge < -0.3 is 42.6 Å². The molecule has 0 aromatic carbocycles. The van der Waals surface area contributed by atoms with E-state index in [2.05, 4.69) is 32.7 Å². The topological polar surface area (TPSA) is 226 Å². The Labute approximate surface area is 192 Å². The van der Waals surface area contributed by atoms with E-state index in [0.29, 0.717) is 25.7 Å². The lowest BCUT2D eigenvalue weighted by Crippen LogP contribution is -2.66. The standard InChI is InChI=1S/C20H36N6O7/c1-11(22)17(29)25-14(10-27)7-8-16(28)26-15(6-4-5-9-21)19(31)23-12(2)18(30)24-13(3)20(32)33/h10-15H,4-9,21-22H2,1-3H3,(H,23,31)(H,24,30)(H,25,29)(H,26,28)(H,32,33)/p+2/t11-,12+,13+,14+,15-/m0/s1. The van der Waals surface area contributed by atoms with Gasteiger partial charge in [-0.2, -0.15) is 0 Å². The SMILES string of the molecule is C[C@H]([NH3+])C(=O)N[C@@H](C=O)CCC(=O)N[C@@H](CCCC[NH3+])C(=O)N[C@H](C)C(=O)N[C@H](C)C(=O)O. The molecule has 0 fully saturated rings. The van der Waals surface area contributed by atoms with Crippen LogP contribution in [0, 0.1) is 0 Å². The first-order valence-electron chi connectivity index (χ1n) is 10.9. The summed E-state index contributed by atoms with van der Waals surface area (Å²) in [5.41, 5.74) is 7.30. The molecule has 0 rings (SSSR count). The largest absolute Gasteiger partial charge is 0.480 e. The lowest BCUT2D eigenvalue weighted by molar-refractivity contribution is -0.398. The molecular formula is C20H38N6O7+2. The molecule has 4 amide bonds. The Morgan fingerprint density at radius 2 is 1.45 bits per heavy atom. The first-order valence-corrected chi connectivity index (χ1v) is 10.9. The van der Waals surface area contributed by atoms with E-state index in [4.69, 9.17) is 5.11 Å². The molecule has 0 saturated carbocycles. The van der Waals surface area contributed by atoms with Crippen LogP contribution in [0.25, 0.3) is 0 Å². The number of hydrogen-bond donors (Lipinski definition) is 7. The number of carbonyl (C=O) groups is 6. The normalized spacial score (nSPS) is 15.2. The minimum absolute atomic E-state index is 0.0485. The smallest absolute Gasteiger partial charge is 0.325 e. The second kappa shape index (κ2) is 15.7. The highest BCUT2D eigenvalue weighted by Gasteiger charge is 2.26. The van der Waals surface area contributed by atoms with Crippen molar-refractivity contribution in [3.05, 3.63) is 0 Å².